The van der Waals surface area contributed by atoms with E-state index >= 15 is 0 Å². The van der Waals surface area contributed by atoms with E-state index < -0.39 is 5.41 Å². The number of rotatable bonds is 2. The van der Waals surface area contributed by atoms with Crippen LogP contribution in [0.5, 0.6) is 0 Å². The molecule has 0 N–H and O–H groups in total. The molecule has 0 bridgehead atoms. The highest BCUT2D eigenvalue weighted by Gasteiger charge is 2.21. The van der Waals surface area contributed by atoms with Crippen molar-refractivity contribution < 1.29 is 4.79 Å². The van der Waals surface area contributed by atoms with E-state index in [0.717, 1.165) is 10.3 Å². The van der Waals surface area contributed by atoms with Crippen LogP contribution in [0.15, 0.2) is 29.8 Å². The zero-order chi connectivity index (χ0) is 15.8. The van der Waals surface area contributed by atoms with Crippen molar-refractivity contribution in [3.63, 3.8) is 0 Å². The molecule has 2 rings (SSSR count). The molecule has 112 valence electrons. The number of aryl methyl sites for hydroxylation is 2. The van der Waals surface area contributed by atoms with Gasteiger partial charge < -0.3 is 4.57 Å². The SMILES string of the molecule is C=CCn1c(=NC(=O)C(C)(C)C)sc2c(C)cc(C)cc21. The van der Waals surface area contributed by atoms with Gasteiger partial charge in [0.2, 0.25) is 0 Å². The topological polar surface area (TPSA) is 34.4 Å². The Labute approximate surface area is 129 Å². The average Bonchev–Trinajstić information content (AvgIpc) is 2.68. The van der Waals surface area contributed by atoms with Crippen LogP contribution in [-0.4, -0.2) is 10.5 Å². The maximum absolute atomic E-state index is 12.2. The second-order valence-corrected chi connectivity index (χ2v) is 7.36. The van der Waals surface area contributed by atoms with E-state index in [1.807, 2.05) is 26.8 Å². The molecule has 0 aliphatic heterocycles. The van der Waals surface area contributed by atoms with E-state index in [1.54, 1.807) is 11.3 Å². The highest BCUT2D eigenvalue weighted by molar-refractivity contribution is 7.16. The zero-order valence-electron chi connectivity index (χ0n) is 13.4. The maximum Gasteiger partial charge on any atom is 0.253 e. The summed E-state index contributed by atoms with van der Waals surface area (Å²) < 4.78 is 3.25. The third-order valence-electron chi connectivity index (χ3n) is 3.26. The Kier molecular flexibility index (Phi) is 4.19. The number of allylic oxidation sites excluding steroid dienone is 1. The Hall–Kier alpha value is -1.68. The van der Waals surface area contributed by atoms with Gasteiger partial charge in [-0.25, -0.2) is 0 Å². The van der Waals surface area contributed by atoms with Crippen molar-refractivity contribution in [1.29, 1.82) is 0 Å². The molecule has 1 aromatic carbocycles. The molecule has 2 aromatic rings. The zero-order valence-corrected chi connectivity index (χ0v) is 14.2. The summed E-state index contributed by atoms with van der Waals surface area (Å²) in [4.78, 5) is 17.3. The molecular weight excluding hydrogens is 280 g/mol. The Morgan fingerprint density at radius 3 is 2.62 bits per heavy atom. The van der Waals surface area contributed by atoms with Gasteiger partial charge in [-0.05, 0) is 31.0 Å². The predicted octanol–water partition coefficient (Wildman–Crippen LogP) is 3.98. The Balaban J connectivity index is 2.77. The number of hydrogen-bond acceptors (Lipinski definition) is 2. The van der Waals surface area contributed by atoms with Gasteiger partial charge in [0, 0.05) is 12.0 Å². The third-order valence-corrected chi connectivity index (χ3v) is 4.49. The molecule has 1 aromatic heterocycles. The minimum Gasteiger partial charge on any atom is -0.312 e. The molecule has 0 aliphatic carbocycles. The van der Waals surface area contributed by atoms with Gasteiger partial charge >= 0.3 is 0 Å². The van der Waals surface area contributed by atoms with Crippen LogP contribution < -0.4 is 4.80 Å². The number of nitrogens with zero attached hydrogens (tertiary/aromatic N) is 2. The molecule has 0 saturated heterocycles. The molecule has 0 fully saturated rings. The number of benzene rings is 1. The molecule has 4 heteroatoms. The second kappa shape index (κ2) is 5.60. The molecule has 0 radical (unpaired) electrons. The summed E-state index contributed by atoms with van der Waals surface area (Å²) in [6.45, 7) is 14.3. The van der Waals surface area contributed by atoms with Crippen molar-refractivity contribution in [3.8, 4) is 0 Å². The van der Waals surface area contributed by atoms with Gasteiger partial charge in [0.25, 0.3) is 5.91 Å². The first kappa shape index (κ1) is 15.7. The van der Waals surface area contributed by atoms with Crippen LogP contribution in [0.4, 0.5) is 0 Å². The first-order valence-corrected chi connectivity index (χ1v) is 7.86. The van der Waals surface area contributed by atoms with Gasteiger partial charge in [-0.15, -0.1) is 6.58 Å². The van der Waals surface area contributed by atoms with Crippen molar-refractivity contribution in [1.82, 2.24) is 4.57 Å². The van der Waals surface area contributed by atoms with Crippen molar-refractivity contribution in [2.45, 2.75) is 41.2 Å². The fourth-order valence-electron chi connectivity index (χ4n) is 2.16. The molecule has 0 aliphatic rings. The van der Waals surface area contributed by atoms with E-state index in [1.165, 1.54) is 15.8 Å². The number of carbonyl (C=O) groups excluding carboxylic acids is 1. The molecule has 0 atom stereocenters. The summed E-state index contributed by atoms with van der Waals surface area (Å²) in [6, 6.07) is 4.30. The highest BCUT2D eigenvalue weighted by Crippen LogP contribution is 2.24. The minimum absolute atomic E-state index is 0.0961. The van der Waals surface area contributed by atoms with Gasteiger partial charge in [0.15, 0.2) is 4.80 Å². The fourth-order valence-corrected chi connectivity index (χ4v) is 3.25. The van der Waals surface area contributed by atoms with Crippen LogP contribution in [0.3, 0.4) is 0 Å². The Bertz CT molecular complexity index is 772. The van der Waals surface area contributed by atoms with E-state index in [0.29, 0.717) is 6.54 Å². The average molecular weight is 302 g/mol. The number of carbonyl (C=O) groups is 1. The molecule has 1 amide bonds. The first-order chi connectivity index (χ1) is 9.74. The highest BCUT2D eigenvalue weighted by atomic mass is 32.1. The molecule has 0 spiro atoms. The molecule has 21 heavy (non-hydrogen) atoms. The van der Waals surface area contributed by atoms with Crippen LogP contribution in [0.25, 0.3) is 10.2 Å². The van der Waals surface area contributed by atoms with Crippen LogP contribution in [0, 0.1) is 19.3 Å². The van der Waals surface area contributed by atoms with Gasteiger partial charge in [0.1, 0.15) is 0 Å². The lowest BCUT2D eigenvalue weighted by Crippen LogP contribution is -2.23. The third kappa shape index (κ3) is 3.16. The van der Waals surface area contributed by atoms with E-state index in [4.69, 9.17) is 0 Å². The largest absolute Gasteiger partial charge is 0.312 e. The van der Waals surface area contributed by atoms with Crippen LogP contribution in [0.2, 0.25) is 0 Å². The lowest BCUT2D eigenvalue weighted by Gasteiger charge is -2.11. The minimum atomic E-state index is -0.465. The molecule has 0 unspecified atom stereocenters. The lowest BCUT2D eigenvalue weighted by molar-refractivity contribution is -0.125. The fraction of sp³-hybridized carbons (Fsp3) is 0.412. The van der Waals surface area contributed by atoms with Gasteiger partial charge in [0.05, 0.1) is 10.2 Å². The quantitative estimate of drug-likeness (QED) is 0.773. The van der Waals surface area contributed by atoms with Crippen molar-refractivity contribution in [2.75, 3.05) is 0 Å². The van der Waals surface area contributed by atoms with Gasteiger partial charge in [-0.2, -0.15) is 4.99 Å². The summed E-state index contributed by atoms with van der Waals surface area (Å²) in [7, 11) is 0. The van der Waals surface area contributed by atoms with Crippen molar-refractivity contribution in [2.24, 2.45) is 10.4 Å². The standard InChI is InChI=1S/C17H22N2OS/c1-7-8-19-13-10-11(2)9-12(3)14(13)21-16(19)18-15(20)17(4,5)6/h7,9-10H,1,8H2,2-6H3. The smallest absolute Gasteiger partial charge is 0.253 e. The van der Waals surface area contributed by atoms with Gasteiger partial charge in [-0.3, -0.25) is 4.79 Å². The summed E-state index contributed by atoms with van der Waals surface area (Å²) in [5.74, 6) is -0.0961. The Morgan fingerprint density at radius 2 is 2.05 bits per heavy atom. The van der Waals surface area contributed by atoms with Crippen molar-refractivity contribution >= 4 is 27.5 Å². The second-order valence-electron chi connectivity index (χ2n) is 6.38. The monoisotopic (exact) mass is 302 g/mol. The lowest BCUT2D eigenvalue weighted by atomic mass is 9.96. The molecule has 0 saturated carbocycles. The maximum atomic E-state index is 12.2. The van der Waals surface area contributed by atoms with Crippen LogP contribution in [-0.2, 0) is 11.3 Å². The Morgan fingerprint density at radius 1 is 1.38 bits per heavy atom. The summed E-state index contributed by atoms with van der Waals surface area (Å²) in [6.07, 6.45) is 1.84. The molecular formula is C17H22N2OS. The van der Waals surface area contributed by atoms with E-state index in [2.05, 4.69) is 42.1 Å². The van der Waals surface area contributed by atoms with E-state index in [9.17, 15) is 4.79 Å². The number of fused-ring (bicyclic) bond motifs is 1. The number of aromatic nitrogens is 1. The number of thiazole rings is 1. The number of amides is 1. The predicted molar refractivity (Wildman–Crippen MR) is 89.5 cm³/mol. The van der Waals surface area contributed by atoms with Crippen LogP contribution in [0.1, 0.15) is 31.9 Å². The van der Waals surface area contributed by atoms with Crippen LogP contribution >= 0.6 is 11.3 Å². The summed E-state index contributed by atoms with van der Waals surface area (Å²) in [5.41, 5.74) is 3.09. The van der Waals surface area contributed by atoms with E-state index in [-0.39, 0.29) is 5.91 Å². The normalized spacial score (nSPS) is 12.9. The molecule has 3 nitrogen and oxygen atoms in total. The van der Waals surface area contributed by atoms with Crippen molar-refractivity contribution in [3.05, 3.63) is 40.7 Å². The summed E-state index contributed by atoms with van der Waals surface area (Å²) in [5, 5.41) is 0. The molecule has 1 heterocycles. The van der Waals surface area contributed by atoms with Gasteiger partial charge in [-0.1, -0.05) is 44.3 Å². The number of hydrogen-bond donors (Lipinski definition) is 0. The summed E-state index contributed by atoms with van der Waals surface area (Å²) >= 11 is 1.57. The first-order valence-electron chi connectivity index (χ1n) is 7.04.